The molecule has 1 aliphatic heterocycles. The Morgan fingerprint density at radius 3 is 2.76 bits per heavy atom. The van der Waals surface area contributed by atoms with Gasteiger partial charge in [-0.15, -0.1) is 0 Å². The second-order valence-corrected chi connectivity index (χ2v) is 5.63. The summed E-state index contributed by atoms with van der Waals surface area (Å²) >= 11 is 0. The number of ether oxygens (including phenoxy) is 1. The molecule has 2 N–H and O–H groups in total. The van der Waals surface area contributed by atoms with Crippen LogP contribution >= 0.6 is 0 Å². The lowest BCUT2D eigenvalue weighted by Gasteiger charge is -2.30. The highest BCUT2D eigenvalue weighted by molar-refractivity contribution is 5.89. The predicted molar refractivity (Wildman–Crippen MR) is 67.3 cm³/mol. The normalized spacial score (nSPS) is 30.0. The monoisotopic (exact) mass is 308 g/mol. The third-order valence-electron chi connectivity index (χ3n) is 3.80. The summed E-state index contributed by atoms with van der Waals surface area (Å²) in [5.41, 5.74) is 0. The minimum atomic E-state index is -4.33. The molecule has 0 bridgehead atoms. The first-order valence-electron chi connectivity index (χ1n) is 7.09. The quantitative estimate of drug-likeness (QED) is 0.818. The van der Waals surface area contributed by atoms with Crippen molar-refractivity contribution >= 4 is 11.8 Å². The lowest BCUT2D eigenvalue weighted by molar-refractivity contribution is -0.188. The number of carbonyl (C=O) groups is 2. The molecule has 2 amide bonds. The first-order chi connectivity index (χ1) is 9.83. The van der Waals surface area contributed by atoms with Gasteiger partial charge in [0.25, 0.3) is 0 Å². The van der Waals surface area contributed by atoms with Crippen LogP contribution in [0.4, 0.5) is 13.2 Å². The Bertz CT molecular complexity index is 401. The molecule has 1 aliphatic carbocycles. The number of rotatable bonds is 4. The molecule has 0 aromatic rings. The molecule has 3 unspecified atom stereocenters. The van der Waals surface area contributed by atoms with E-state index in [1.165, 1.54) is 0 Å². The summed E-state index contributed by atoms with van der Waals surface area (Å²) in [6, 6.07) is -0.180. The van der Waals surface area contributed by atoms with Gasteiger partial charge in [-0.25, -0.2) is 0 Å². The van der Waals surface area contributed by atoms with Crippen molar-refractivity contribution in [2.75, 3.05) is 13.2 Å². The van der Waals surface area contributed by atoms with E-state index in [4.69, 9.17) is 4.74 Å². The fraction of sp³-hybridized carbons (Fsp3) is 0.846. The van der Waals surface area contributed by atoms with Gasteiger partial charge in [-0.1, -0.05) is 0 Å². The summed E-state index contributed by atoms with van der Waals surface area (Å²) in [5.74, 6) is -0.742. The second-order valence-electron chi connectivity index (χ2n) is 5.63. The van der Waals surface area contributed by atoms with E-state index in [9.17, 15) is 22.8 Å². The van der Waals surface area contributed by atoms with Crippen LogP contribution in [0.1, 0.15) is 32.1 Å². The second kappa shape index (κ2) is 6.64. The molecule has 2 aliphatic rings. The first kappa shape index (κ1) is 16.1. The van der Waals surface area contributed by atoms with Gasteiger partial charge in [0.2, 0.25) is 11.8 Å². The van der Waals surface area contributed by atoms with Crippen LogP contribution < -0.4 is 10.6 Å². The molecule has 120 valence electrons. The average Bonchev–Trinajstić information content (AvgIpc) is 2.83. The number of alkyl halides is 3. The maximum Gasteiger partial charge on any atom is 0.411 e. The van der Waals surface area contributed by atoms with E-state index in [1.807, 2.05) is 0 Å². The Morgan fingerprint density at radius 1 is 1.38 bits per heavy atom. The van der Waals surface area contributed by atoms with E-state index in [2.05, 4.69) is 10.6 Å². The zero-order valence-corrected chi connectivity index (χ0v) is 11.5. The van der Waals surface area contributed by atoms with Crippen molar-refractivity contribution in [3.05, 3.63) is 0 Å². The first-order valence-corrected chi connectivity index (χ1v) is 7.09. The minimum Gasteiger partial charge on any atom is -0.369 e. The van der Waals surface area contributed by atoms with Crippen molar-refractivity contribution in [2.45, 2.75) is 50.4 Å². The molecule has 1 heterocycles. The number of hydrogen-bond donors (Lipinski definition) is 2. The van der Waals surface area contributed by atoms with Gasteiger partial charge in [0.1, 0.15) is 6.61 Å². The van der Waals surface area contributed by atoms with E-state index in [0.717, 1.165) is 12.8 Å². The van der Waals surface area contributed by atoms with Crippen LogP contribution in [0.5, 0.6) is 0 Å². The molecule has 0 aromatic carbocycles. The van der Waals surface area contributed by atoms with Crippen molar-refractivity contribution < 1.29 is 27.5 Å². The molecule has 0 radical (unpaired) electrons. The van der Waals surface area contributed by atoms with Crippen LogP contribution in [-0.4, -0.2) is 43.3 Å². The lowest BCUT2D eigenvalue weighted by Crippen LogP contribution is -2.43. The predicted octanol–water partition coefficient (Wildman–Crippen LogP) is 1.13. The van der Waals surface area contributed by atoms with Crippen LogP contribution in [0.2, 0.25) is 0 Å². The number of nitrogens with one attached hydrogen (secondary N) is 2. The third kappa shape index (κ3) is 5.18. The zero-order chi connectivity index (χ0) is 15.5. The molecule has 3 atom stereocenters. The van der Waals surface area contributed by atoms with Crippen molar-refractivity contribution in [3.8, 4) is 0 Å². The topological polar surface area (TPSA) is 67.4 Å². The van der Waals surface area contributed by atoms with Gasteiger partial charge in [-0.3, -0.25) is 9.59 Å². The standard InChI is InChI=1S/C13H19F3N2O3/c14-13(15,16)7-21-10-3-1-2-9(5-10)18-12(20)8-4-11(19)17-6-8/h8-10H,1-7H2,(H,17,19)(H,18,20). The Balaban J connectivity index is 1.76. The third-order valence-corrected chi connectivity index (χ3v) is 3.80. The Morgan fingerprint density at radius 2 is 2.14 bits per heavy atom. The SMILES string of the molecule is O=C1CC(C(=O)NC2CCCC(OCC(F)(F)F)C2)CN1. The molecule has 2 fully saturated rings. The fourth-order valence-corrected chi connectivity index (χ4v) is 2.75. The maximum atomic E-state index is 12.1. The Hall–Kier alpha value is -1.31. The Kier molecular flexibility index (Phi) is 5.08. The fourth-order valence-electron chi connectivity index (χ4n) is 2.75. The molecule has 1 saturated heterocycles. The van der Waals surface area contributed by atoms with Gasteiger partial charge in [-0.2, -0.15) is 13.2 Å². The summed E-state index contributed by atoms with van der Waals surface area (Å²) in [7, 11) is 0. The van der Waals surface area contributed by atoms with Gasteiger partial charge in [-0.05, 0) is 25.7 Å². The van der Waals surface area contributed by atoms with Crippen molar-refractivity contribution in [1.82, 2.24) is 10.6 Å². The van der Waals surface area contributed by atoms with E-state index >= 15 is 0 Å². The number of halogens is 3. The molecule has 2 rings (SSSR count). The summed E-state index contributed by atoms with van der Waals surface area (Å²) in [6.45, 7) is -0.926. The van der Waals surface area contributed by atoms with E-state index in [-0.39, 0.29) is 30.2 Å². The zero-order valence-electron chi connectivity index (χ0n) is 11.5. The molecule has 21 heavy (non-hydrogen) atoms. The van der Waals surface area contributed by atoms with Crippen molar-refractivity contribution in [2.24, 2.45) is 5.92 Å². The van der Waals surface area contributed by atoms with Crippen LogP contribution in [0.3, 0.4) is 0 Å². The minimum absolute atomic E-state index is 0.148. The molecule has 0 spiro atoms. The largest absolute Gasteiger partial charge is 0.411 e. The number of amides is 2. The highest BCUT2D eigenvalue weighted by atomic mass is 19.4. The summed E-state index contributed by atoms with van der Waals surface area (Å²) in [5, 5.41) is 5.40. The van der Waals surface area contributed by atoms with Crippen LogP contribution in [0.25, 0.3) is 0 Å². The lowest BCUT2D eigenvalue weighted by atomic mass is 9.92. The van der Waals surface area contributed by atoms with Crippen LogP contribution in [0.15, 0.2) is 0 Å². The van der Waals surface area contributed by atoms with Gasteiger partial charge in [0.15, 0.2) is 0 Å². The highest BCUT2D eigenvalue weighted by Gasteiger charge is 2.33. The molecule has 5 nitrogen and oxygen atoms in total. The van der Waals surface area contributed by atoms with E-state index in [0.29, 0.717) is 19.4 Å². The number of hydrogen-bond acceptors (Lipinski definition) is 3. The summed E-state index contributed by atoms with van der Waals surface area (Å²) in [4.78, 5) is 23.0. The van der Waals surface area contributed by atoms with Gasteiger partial charge < -0.3 is 15.4 Å². The maximum absolute atomic E-state index is 12.1. The molecule has 0 aromatic heterocycles. The molecule has 8 heteroatoms. The van der Waals surface area contributed by atoms with Gasteiger partial charge in [0, 0.05) is 19.0 Å². The number of carbonyl (C=O) groups excluding carboxylic acids is 2. The van der Waals surface area contributed by atoms with Gasteiger partial charge >= 0.3 is 6.18 Å². The highest BCUT2D eigenvalue weighted by Crippen LogP contribution is 2.24. The van der Waals surface area contributed by atoms with Crippen LogP contribution in [0, 0.1) is 5.92 Å². The smallest absolute Gasteiger partial charge is 0.369 e. The summed E-state index contributed by atoms with van der Waals surface area (Å²) in [6.07, 6.45) is -2.23. The molecular formula is C13H19F3N2O3. The Labute approximate surface area is 120 Å². The van der Waals surface area contributed by atoms with E-state index < -0.39 is 18.9 Å². The van der Waals surface area contributed by atoms with Crippen LogP contribution in [-0.2, 0) is 14.3 Å². The molecular weight excluding hydrogens is 289 g/mol. The van der Waals surface area contributed by atoms with Crippen molar-refractivity contribution in [3.63, 3.8) is 0 Å². The molecule has 1 saturated carbocycles. The van der Waals surface area contributed by atoms with Gasteiger partial charge in [0.05, 0.1) is 12.0 Å². The average molecular weight is 308 g/mol. The summed E-state index contributed by atoms with van der Waals surface area (Å²) < 4.78 is 41.2. The van der Waals surface area contributed by atoms with Crippen molar-refractivity contribution in [1.29, 1.82) is 0 Å². The van der Waals surface area contributed by atoms with E-state index in [1.54, 1.807) is 0 Å².